The molecule has 0 heterocycles. The largest absolute Gasteiger partial charge is 0.294 e. The van der Waals surface area contributed by atoms with Crippen molar-refractivity contribution >= 4 is 11.6 Å². The zero-order valence-corrected chi connectivity index (χ0v) is 14.7. The molecule has 0 atom stereocenters. The van der Waals surface area contributed by atoms with Crippen molar-refractivity contribution in [2.24, 2.45) is 0 Å². The first-order chi connectivity index (χ1) is 11.6. The third-order valence-electron chi connectivity index (χ3n) is 4.37. The summed E-state index contributed by atoms with van der Waals surface area (Å²) in [6, 6.07) is 16.0. The lowest BCUT2D eigenvalue weighted by Gasteiger charge is -2.05. The number of ketones is 2. The maximum absolute atomic E-state index is 11.6. The van der Waals surface area contributed by atoms with E-state index in [0.29, 0.717) is 12.8 Å². The summed E-state index contributed by atoms with van der Waals surface area (Å²) in [6.45, 7) is 3.78. The Morgan fingerprint density at radius 3 is 1.25 bits per heavy atom. The Bertz CT molecular complexity index is 605. The minimum atomic E-state index is 0.201. The normalized spacial score (nSPS) is 10.6. The van der Waals surface area contributed by atoms with Crippen LogP contribution in [0.3, 0.4) is 0 Å². The number of benzene rings is 2. The van der Waals surface area contributed by atoms with Crippen LogP contribution >= 0.6 is 0 Å². The SMILES string of the molecule is CCC(=O)c1ccc(CCCCc2ccc(C(=O)CC)cc2)cc1. The van der Waals surface area contributed by atoms with E-state index in [1.165, 1.54) is 11.1 Å². The van der Waals surface area contributed by atoms with Gasteiger partial charge in [-0.05, 0) is 36.8 Å². The van der Waals surface area contributed by atoms with E-state index in [1.807, 2.05) is 38.1 Å². The fraction of sp³-hybridized carbons (Fsp3) is 0.364. The van der Waals surface area contributed by atoms with Crippen molar-refractivity contribution in [1.82, 2.24) is 0 Å². The fourth-order valence-electron chi connectivity index (χ4n) is 2.78. The van der Waals surface area contributed by atoms with Crippen molar-refractivity contribution in [2.45, 2.75) is 52.4 Å². The van der Waals surface area contributed by atoms with Gasteiger partial charge in [0.15, 0.2) is 11.6 Å². The summed E-state index contributed by atoms with van der Waals surface area (Å²) in [5.41, 5.74) is 4.18. The molecule has 2 aromatic rings. The number of carbonyl (C=O) groups excluding carboxylic acids is 2. The van der Waals surface area contributed by atoms with Crippen LogP contribution in [0.4, 0.5) is 0 Å². The van der Waals surface area contributed by atoms with Crippen molar-refractivity contribution in [3.05, 3.63) is 70.8 Å². The zero-order valence-electron chi connectivity index (χ0n) is 14.7. The van der Waals surface area contributed by atoms with Crippen LogP contribution in [0.25, 0.3) is 0 Å². The molecule has 0 amide bonds. The summed E-state index contributed by atoms with van der Waals surface area (Å²) in [5, 5.41) is 0. The van der Waals surface area contributed by atoms with Gasteiger partial charge in [0.25, 0.3) is 0 Å². The molecular formula is C22H26O2. The fourth-order valence-corrected chi connectivity index (χ4v) is 2.78. The van der Waals surface area contributed by atoms with E-state index in [2.05, 4.69) is 24.3 Å². The Balaban J connectivity index is 1.76. The zero-order chi connectivity index (χ0) is 17.4. The van der Waals surface area contributed by atoms with Crippen molar-refractivity contribution in [2.75, 3.05) is 0 Å². The van der Waals surface area contributed by atoms with Crippen LogP contribution in [0.15, 0.2) is 48.5 Å². The van der Waals surface area contributed by atoms with Gasteiger partial charge in [-0.3, -0.25) is 9.59 Å². The Morgan fingerprint density at radius 1 is 0.625 bits per heavy atom. The standard InChI is InChI=1S/C22H26O2/c1-3-21(23)19-13-9-17(10-14-19)7-5-6-8-18-11-15-20(16-12-18)22(24)4-2/h9-16H,3-8H2,1-2H3. The van der Waals surface area contributed by atoms with Gasteiger partial charge < -0.3 is 0 Å². The first-order valence-electron chi connectivity index (χ1n) is 8.88. The number of hydrogen-bond acceptors (Lipinski definition) is 2. The molecule has 0 fully saturated rings. The molecule has 2 rings (SSSR count). The summed E-state index contributed by atoms with van der Waals surface area (Å²) in [5.74, 6) is 0.401. The van der Waals surface area contributed by atoms with Crippen molar-refractivity contribution in [3.8, 4) is 0 Å². The highest BCUT2D eigenvalue weighted by atomic mass is 16.1. The minimum absolute atomic E-state index is 0.201. The van der Waals surface area contributed by atoms with Gasteiger partial charge in [-0.15, -0.1) is 0 Å². The first-order valence-corrected chi connectivity index (χ1v) is 8.88. The summed E-state index contributed by atoms with van der Waals surface area (Å²) < 4.78 is 0. The lowest BCUT2D eigenvalue weighted by Crippen LogP contribution is -1.97. The molecule has 0 aliphatic heterocycles. The number of rotatable bonds is 9. The van der Waals surface area contributed by atoms with E-state index in [0.717, 1.165) is 36.8 Å². The highest BCUT2D eigenvalue weighted by molar-refractivity contribution is 5.96. The molecule has 0 bridgehead atoms. The molecule has 0 saturated carbocycles. The average molecular weight is 322 g/mol. The Hall–Kier alpha value is -2.22. The predicted octanol–water partition coefficient (Wildman–Crippen LogP) is 5.44. The van der Waals surface area contributed by atoms with Crippen molar-refractivity contribution in [1.29, 1.82) is 0 Å². The average Bonchev–Trinajstić information content (AvgIpc) is 2.65. The molecule has 2 heteroatoms. The molecule has 2 nitrogen and oxygen atoms in total. The third kappa shape index (κ3) is 5.16. The molecule has 0 radical (unpaired) electrons. The van der Waals surface area contributed by atoms with Gasteiger partial charge in [0.1, 0.15) is 0 Å². The molecule has 0 aromatic heterocycles. The van der Waals surface area contributed by atoms with Crippen molar-refractivity contribution in [3.63, 3.8) is 0 Å². The third-order valence-corrected chi connectivity index (χ3v) is 4.37. The summed E-state index contributed by atoms with van der Waals surface area (Å²) >= 11 is 0. The highest BCUT2D eigenvalue weighted by Crippen LogP contribution is 2.13. The Kier molecular flexibility index (Phi) is 6.92. The van der Waals surface area contributed by atoms with Crippen molar-refractivity contribution < 1.29 is 9.59 Å². The molecule has 24 heavy (non-hydrogen) atoms. The number of carbonyl (C=O) groups is 2. The monoisotopic (exact) mass is 322 g/mol. The van der Waals surface area contributed by atoms with Crippen LogP contribution in [-0.2, 0) is 12.8 Å². The Morgan fingerprint density at radius 2 is 0.958 bits per heavy atom. The van der Waals surface area contributed by atoms with Crippen LogP contribution < -0.4 is 0 Å². The van der Waals surface area contributed by atoms with Gasteiger partial charge >= 0.3 is 0 Å². The molecular weight excluding hydrogens is 296 g/mol. The summed E-state index contributed by atoms with van der Waals surface area (Å²) in [4.78, 5) is 23.2. The minimum Gasteiger partial charge on any atom is -0.294 e. The number of unbranched alkanes of at least 4 members (excludes halogenated alkanes) is 1. The van der Waals surface area contributed by atoms with E-state index in [1.54, 1.807) is 0 Å². The second-order valence-electron chi connectivity index (χ2n) is 6.15. The van der Waals surface area contributed by atoms with E-state index in [9.17, 15) is 9.59 Å². The molecule has 0 aliphatic carbocycles. The lowest BCUT2D eigenvalue weighted by atomic mass is 10.0. The molecule has 0 N–H and O–H groups in total. The van der Waals surface area contributed by atoms with E-state index in [4.69, 9.17) is 0 Å². The summed E-state index contributed by atoms with van der Waals surface area (Å²) in [6.07, 6.45) is 5.43. The van der Waals surface area contributed by atoms with Crippen LogP contribution in [0.2, 0.25) is 0 Å². The second-order valence-corrected chi connectivity index (χ2v) is 6.15. The molecule has 126 valence electrons. The summed E-state index contributed by atoms with van der Waals surface area (Å²) in [7, 11) is 0. The number of Topliss-reactive ketones (excluding diaryl/α,β-unsaturated/α-hetero) is 2. The predicted molar refractivity (Wildman–Crippen MR) is 98.8 cm³/mol. The molecule has 2 aromatic carbocycles. The molecule has 0 unspecified atom stereocenters. The van der Waals surface area contributed by atoms with E-state index < -0.39 is 0 Å². The topological polar surface area (TPSA) is 34.1 Å². The number of aryl methyl sites for hydroxylation is 2. The van der Waals surface area contributed by atoms with E-state index >= 15 is 0 Å². The van der Waals surface area contributed by atoms with E-state index in [-0.39, 0.29) is 11.6 Å². The first kappa shape index (κ1) is 18.1. The van der Waals surface area contributed by atoms with Crippen LogP contribution in [-0.4, -0.2) is 11.6 Å². The van der Waals surface area contributed by atoms with Gasteiger partial charge in [-0.1, -0.05) is 62.4 Å². The van der Waals surface area contributed by atoms with Crippen LogP contribution in [0, 0.1) is 0 Å². The Labute approximate surface area is 144 Å². The maximum atomic E-state index is 11.6. The maximum Gasteiger partial charge on any atom is 0.162 e. The van der Waals surface area contributed by atoms with Gasteiger partial charge in [0, 0.05) is 24.0 Å². The smallest absolute Gasteiger partial charge is 0.162 e. The molecule has 0 saturated heterocycles. The van der Waals surface area contributed by atoms with Gasteiger partial charge in [0.05, 0.1) is 0 Å². The van der Waals surface area contributed by atoms with Crippen LogP contribution in [0.1, 0.15) is 71.4 Å². The second kappa shape index (κ2) is 9.17. The van der Waals surface area contributed by atoms with Gasteiger partial charge in [-0.25, -0.2) is 0 Å². The highest BCUT2D eigenvalue weighted by Gasteiger charge is 2.04. The van der Waals surface area contributed by atoms with Crippen LogP contribution in [0.5, 0.6) is 0 Å². The molecule has 0 aliphatic rings. The molecule has 0 spiro atoms. The lowest BCUT2D eigenvalue weighted by molar-refractivity contribution is 0.0980. The number of hydrogen-bond donors (Lipinski definition) is 0. The van der Waals surface area contributed by atoms with Gasteiger partial charge in [-0.2, -0.15) is 0 Å². The quantitative estimate of drug-likeness (QED) is 0.455. The van der Waals surface area contributed by atoms with Gasteiger partial charge in [0.2, 0.25) is 0 Å².